The minimum atomic E-state index is 0.925. The van der Waals surface area contributed by atoms with Gasteiger partial charge >= 0.3 is 0 Å². The summed E-state index contributed by atoms with van der Waals surface area (Å²) in [4.78, 5) is 11.6. The fraction of sp³-hybridized carbons (Fsp3) is 0.250. The molecule has 4 heteroatoms. The third-order valence-electron chi connectivity index (χ3n) is 1.61. The number of aromatic amines is 1. The largest absolute Gasteiger partial charge is 0.340 e. The Morgan fingerprint density at radius 3 is 3.25 bits per heavy atom. The van der Waals surface area contributed by atoms with E-state index in [-0.39, 0.29) is 0 Å². The zero-order valence-electron chi connectivity index (χ0n) is 6.74. The van der Waals surface area contributed by atoms with Gasteiger partial charge in [0.25, 0.3) is 0 Å². The lowest BCUT2D eigenvalue weighted by atomic mass is 10.4. The number of rotatable bonds is 2. The van der Waals surface area contributed by atoms with Crippen LogP contribution in [0, 0.1) is 0 Å². The first-order valence-electron chi connectivity index (χ1n) is 3.67. The van der Waals surface area contributed by atoms with E-state index in [1.165, 1.54) is 0 Å². The molecule has 0 amide bonds. The van der Waals surface area contributed by atoms with Gasteiger partial charge in [0.05, 0.1) is 23.0 Å². The first-order chi connectivity index (χ1) is 5.90. The molecule has 0 saturated carbocycles. The highest BCUT2D eigenvalue weighted by Gasteiger charge is 1.99. The van der Waals surface area contributed by atoms with E-state index in [2.05, 4.69) is 21.2 Å². The van der Waals surface area contributed by atoms with Gasteiger partial charge in [-0.05, 0) is 12.3 Å². The number of hydrogen-bond acceptors (Lipinski definition) is 3. The second kappa shape index (κ2) is 3.15. The van der Waals surface area contributed by atoms with Crippen LogP contribution in [0.1, 0.15) is 5.82 Å². The van der Waals surface area contributed by atoms with E-state index in [1.54, 1.807) is 24.2 Å². The van der Waals surface area contributed by atoms with Crippen molar-refractivity contribution in [1.82, 2.24) is 15.0 Å². The fourth-order valence-corrected chi connectivity index (χ4v) is 1.52. The maximum absolute atomic E-state index is 4.39. The van der Waals surface area contributed by atoms with Crippen LogP contribution in [0.15, 0.2) is 18.5 Å². The summed E-state index contributed by atoms with van der Waals surface area (Å²) in [5.74, 6) is 1.94. The van der Waals surface area contributed by atoms with Gasteiger partial charge < -0.3 is 4.98 Å². The van der Waals surface area contributed by atoms with E-state index in [0.29, 0.717) is 0 Å². The predicted molar refractivity (Wildman–Crippen MR) is 51.1 cm³/mol. The highest BCUT2D eigenvalue weighted by Crippen LogP contribution is 2.11. The molecular weight excluding hydrogens is 170 g/mol. The van der Waals surface area contributed by atoms with Crippen LogP contribution in [-0.2, 0) is 5.75 Å². The molecule has 2 heterocycles. The third kappa shape index (κ3) is 1.30. The van der Waals surface area contributed by atoms with Crippen LogP contribution in [0.2, 0.25) is 0 Å². The SMILES string of the molecule is CSCc1nc2ccncc2[nH]1. The Bertz CT molecular complexity index is 349. The molecule has 2 rings (SSSR count). The highest BCUT2D eigenvalue weighted by molar-refractivity contribution is 7.97. The summed E-state index contributed by atoms with van der Waals surface area (Å²) in [6.07, 6.45) is 5.61. The van der Waals surface area contributed by atoms with Crippen LogP contribution < -0.4 is 0 Å². The van der Waals surface area contributed by atoms with Crippen molar-refractivity contribution in [2.24, 2.45) is 0 Å². The molecular formula is C8H9N3S. The average Bonchev–Trinajstić information content (AvgIpc) is 2.47. The third-order valence-corrected chi connectivity index (χ3v) is 2.18. The number of nitrogens with one attached hydrogen (secondary N) is 1. The average molecular weight is 179 g/mol. The summed E-state index contributed by atoms with van der Waals surface area (Å²) in [6.45, 7) is 0. The summed E-state index contributed by atoms with van der Waals surface area (Å²) >= 11 is 1.76. The van der Waals surface area contributed by atoms with Gasteiger partial charge in [-0.3, -0.25) is 4.98 Å². The van der Waals surface area contributed by atoms with Gasteiger partial charge in [-0.25, -0.2) is 4.98 Å². The molecule has 0 fully saturated rings. The van der Waals surface area contributed by atoms with E-state index >= 15 is 0 Å². The van der Waals surface area contributed by atoms with Crippen LogP contribution in [0.25, 0.3) is 11.0 Å². The van der Waals surface area contributed by atoms with Gasteiger partial charge in [0.15, 0.2) is 0 Å². The lowest BCUT2D eigenvalue weighted by molar-refractivity contribution is 1.14. The summed E-state index contributed by atoms with van der Waals surface area (Å²) in [6, 6.07) is 1.91. The Morgan fingerprint density at radius 2 is 2.50 bits per heavy atom. The quantitative estimate of drug-likeness (QED) is 0.764. The standard InChI is InChI=1S/C8H9N3S/c1-12-5-8-10-6-2-3-9-4-7(6)11-8/h2-4H,5H2,1H3,(H,10,11). The van der Waals surface area contributed by atoms with E-state index in [0.717, 1.165) is 22.6 Å². The van der Waals surface area contributed by atoms with E-state index < -0.39 is 0 Å². The van der Waals surface area contributed by atoms with Gasteiger partial charge in [0.1, 0.15) is 5.82 Å². The fourth-order valence-electron chi connectivity index (χ4n) is 1.11. The predicted octanol–water partition coefficient (Wildman–Crippen LogP) is 1.82. The van der Waals surface area contributed by atoms with Gasteiger partial charge in [-0.15, -0.1) is 0 Å². The zero-order chi connectivity index (χ0) is 8.39. The summed E-state index contributed by atoms with van der Waals surface area (Å²) in [5.41, 5.74) is 2.01. The molecule has 0 aliphatic heterocycles. The Hall–Kier alpha value is -1.03. The van der Waals surface area contributed by atoms with Crippen molar-refractivity contribution in [2.45, 2.75) is 5.75 Å². The van der Waals surface area contributed by atoms with Crippen molar-refractivity contribution >= 4 is 22.8 Å². The molecule has 0 saturated heterocycles. The Morgan fingerprint density at radius 1 is 1.58 bits per heavy atom. The molecule has 0 radical (unpaired) electrons. The molecule has 2 aromatic heterocycles. The summed E-state index contributed by atoms with van der Waals surface area (Å²) in [5, 5.41) is 0. The lowest BCUT2D eigenvalue weighted by Gasteiger charge is -1.86. The number of imidazole rings is 1. The minimum Gasteiger partial charge on any atom is -0.340 e. The number of hydrogen-bond donors (Lipinski definition) is 1. The summed E-state index contributed by atoms with van der Waals surface area (Å²) < 4.78 is 0. The highest BCUT2D eigenvalue weighted by atomic mass is 32.2. The molecule has 62 valence electrons. The Kier molecular flexibility index (Phi) is 1.99. The van der Waals surface area contributed by atoms with Crippen LogP contribution in [0.3, 0.4) is 0 Å². The van der Waals surface area contributed by atoms with Crippen molar-refractivity contribution in [3.63, 3.8) is 0 Å². The molecule has 0 aliphatic carbocycles. The maximum atomic E-state index is 4.39. The number of pyridine rings is 1. The first kappa shape index (κ1) is 7.61. The molecule has 12 heavy (non-hydrogen) atoms. The van der Waals surface area contributed by atoms with Gasteiger partial charge in [-0.2, -0.15) is 11.8 Å². The Labute approximate surface area is 74.6 Å². The zero-order valence-corrected chi connectivity index (χ0v) is 7.56. The molecule has 0 atom stereocenters. The molecule has 0 bridgehead atoms. The summed E-state index contributed by atoms with van der Waals surface area (Å²) in [7, 11) is 0. The number of H-pyrrole nitrogens is 1. The van der Waals surface area contributed by atoms with E-state index in [4.69, 9.17) is 0 Å². The van der Waals surface area contributed by atoms with Crippen LogP contribution in [0.4, 0.5) is 0 Å². The molecule has 0 aromatic carbocycles. The maximum Gasteiger partial charge on any atom is 0.117 e. The molecule has 0 spiro atoms. The van der Waals surface area contributed by atoms with Crippen LogP contribution in [-0.4, -0.2) is 21.2 Å². The number of fused-ring (bicyclic) bond motifs is 1. The molecule has 3 nitrogen and oxygen atoms in total. The molecule has 2 aromatic rings. The number of aromatic nitrogens is 3. The minimum absolute atomic E-state index is 0.925. The van der Waals surface area contributed by atoms with E-state index in [9.17, 15) is 0 Å². The normalized spacial score (nSPS) is 10.8. The van der Waals surface area contributed by atoms with Crippen LogP contribution >= 0.6 is 11.8 Å². The van der Waals surface area contributed by atoms with Gasteiger partial charge in [0, 0.05) is 6.20 Å². The first-order valence-corrected chi connectivity index (χ1v) is 5.07. The monoisotopic (exact) mass is 179 g/mol. The molecule has 1 N–H and O–H groups in total. The molecule has 0 unspecified atom stereocenters. The second-order valence-corrected chi connectivity index (χ2v) is 3.38. The lowest BCUT2D eigenvalue weighted by Crippen LogP contribution is -1.80. The van der Waals surface area contributed by atoms with Crippen molar-refractivity contribution in [3.8, 4) is 0 Å². The Balaban J connectivity index is 2.47. The topological polar surface area (TPSA) is 41.6 Å². The number of thioether (sulfide) groups is 1. The number of nitrogens with zero attached hydrogens (tertiary/aromatic N) is 2. The second-order valence-electron chi connectivity index (χ2n) is 2.51. The van der Waals surface area contributed by atoms with Gasteiger partial charge in [0.2, 0.25) is 0 Å². The van der Waals surface area contributed by atoms with Crippen molar-refractivity contribution in [3.05, 3.63) is 24.3 Å². The van der Waals surface area contributed by atoms with Crippen molar-refractivity contribution < 1.29 is 0 Å². The van der Waals surface area contributed by atoms with Gasteiger partial charge in [-0.1, -0.05) is 0 Å². The van der Waals surface area contributed by atoms with Crippen molar-refractivity contribution in [2.75, 3.05) is 6.26 Å². The van der Waals surface area contributed by atoms with Crippen LogP contribution in [0.5, 0.6) is 0 Å². The smallest absolute Gasteiger partial charge is 0.117 e. The van der Waals surface area contributed by atoms with Crippen molar-refractivity contribution in [1.29, 1.82) is 0 Å². The molecule has 0 aliphatic rings. The van der Waals surface area contributed by atoms with E-state index in [1.807, 2.05) is 6.07 Å².